The minimum atomic E-state index is -0.221. The molecule has 3 rings (SSSR count). The molecule has 1 heterocycles. The molecule has 100 valence electrons. The second-order valence-corrected chi connectivity index (χ2v) is 4.61. The van der Waals surface area contributed by atoms with Crippen molar-refractivity contribution in [1.82, 2.24) is 4.68 Å². The molecular weight excluding hydrogens is 251 g/mol. The molecule has 0 saturated heterocycles. The van der Waals surface area contributed by atoms with Crippen molar-refractivity contribution in [3.05, 3.63) is 96.1 Å². The van der Waals surface area contributed by atoms with Crippen LogP contribution in [-0.4, -0.2) is 4.68 Å². The fraction of sp³-hybridized carbons (Fsp3) is 0.0588. The molecule has 0 saturated carbocycles. The molecule has 0 spiro atoms. The topological polar surface area (TPSA) is 17.0 Å². The van der Waals surface area contributed by atoms with E-state index >= 15 is 0 Å². The monoisotopic (exact) mass is 266 g/mol. The Kier molecular flexibility index (Phi) is 3.50. The molecule has 1 atom stereocenters. The summed E-state index contributed by atoms with van der Waals surface area (Å²) in [6.45, 7) is 0. The molecule has 0 bridgehead atoms. The average Bonchev–Trinajstić information content (AvgIpc) is 3.00. The van der Waals surface area contributed by atoms with Crippen LogP contribution in [0.5, 0.6) is 0 Å². The van der Waals surface area contributed by atoms with Crippen LogP contribution in [0, 0.1) is 5.82 Å². The number of rotatable bonds is 4. The fourth-order valence-electron chi connectivity index (χ4n) is 2.21. The van der Waals surface area contributed by atoms with Gasteiger partial charge in [-0.25, -0.2) is 4.39 Å². The zero-order valence-electron chi connectivity index (χ0n) is 10.9. The largest absolute Gasteiger partial charge is 0.314 e. The molecular formula is C17H15FN2. The summed E-state index contributed by atoms with van der Waals surface area (Å²) in [5.74, 6) is -0.221. The van der Waals surface area contributed by atoms with Gasteiger partial charge in [-0.3, -0.25) is 4.68 Å². The molecule has 2 aromatic carbocycles. The van der Waals surface area contributed by atoms with Crippen LogP contribution >= 0.6 is 0 Å². The van der Waals surface area contributed by atoms with Crippen LogP contribution in [0.2, 0.25) is 0 Å². The maximum Gasteiger partial charge on any atom is 0.123 e. The zero-order valence-corrected chi connectivity index (χ0v) is 10.9. The van der Waals surface area contributed by atoms with E-state index in [0.717, 1.165) is 11.1 Å². The predicted octanol–water partition coefficient (Wildman–Crippen LogP) is 3.96. The Balaban J connectivity index is 1.97. The highest BCUT2D eigenvalue weighted by atomic mass is 19.1. The minimum Gasteiger partial charge on any atom is -0.314 e. The first kappa shape index (κ1) is 12.5. The van der Waals surface area contributed by atoms with Gasteiger partial charge < -0.3 is 5.43 Å². The van der Waals surface area contributed by atoms with Gasteiger partial charge in [-0.1, -0.05) is 42.5 Å². The molecule has 0 aliphatic rings. The second kappa shape index (κ2) is 5.61. The lowest BCUT2D eigenvalue weighted by atomic mass is 9.99. The minimum absolute atomic E-state index is 0.0239. The van der Waals surface area contributed by atoms with E-state index in [1.807, 2.05) is 59.5 Å². The lowest BCUT2D eigenvalue weighted by molar-refractivity contribution is 0.626. The average molecular weight is 266 g/mol. The lowest BCUT2D eigenvalue weighted by Crippen LogP contribution is -2.20. The highest BCUT2D eigenvalue weighted by molar-refractivity contribution is 5.34. The van der Waals surface area contributed by atoms with Gasteiger partial charge in [0.25, 0.3) is 0 Å². The number of halogens is 1. The normalized spacial score (nSPS) is 12.1. The molecule has 20 heavy (non-hydrogen) atoms. The number of benzene rings is 2. The molecule has 1 aromatic heterocycles. The van der Waals surface area contributed by atoms with Crippen molar-refractivity contribution < 1.29 is 4.39 Å². The van der Waals surface area contributed by atoms with Gasteiger partial charge in [-0.2, -0.15) is 0 Å². The third-order valence-electron chi connectivity index (χ3n) is 3.22. The maximum absolute atomic E-state index is 13.1. The number of aromatic nitrogens is 1. The van der Waals surface area contributed by atoms with Crippen molar-refractivity contribution in [2.45, 2.75) is 6.04 Å². The van der Waals surface area contributed by atoms with Crippen molar-refractivity contribution in [2.24, 2.45) is 0 Å². The van der Waals surface area contributed by atoms with E-state index in [0.29, 0.717) is 0 Å². The summed E-state index contributed by atoms with van der Waals surface area (Å²) < 4.78 is 15.0. The molecule has 0 radical (unpaired) electrons. The summed E-state index contributed by atoms with van der Waals surface area (Å²) in [5.41, 5.74) is 5.56. The van der Waals surface area contributed by atoms with Crippen LogP contribution in [-0.2, 0) is 0 Å². The Labute approximate surface area is 117 Å². The number of nitrogens with zero attached hydrogens (tertiary/aromatic N) is 1. The number of nitrogens with one attached hydrogen (secondary N) is 1. The Bertz CT molecular complexity index is 645. The molecule has 0 aliphatic carbocycles. The Morgan fingerprint density at radius 1 is 0.750 bits per heavy atom. The summed E-state index contributed by atoms with van der Waals surface area (Å²) in [7, 11) is 0. The van der Waals surface area contributed by atoms with Crippen LogP contribution < -0.4 is 5.43 Å². The van der Waals surface area contributed by atoms with Crippen molar-refractivity contribution in [3.63, 3.8) is 0 Å². The van der Waals surface area contributed by atoms with E-state index in [-0.39, 0.29) is 11.9 Å². The summed E-state index contributed by atoms with van der Waals surface area (Å²) in [6, 6.07) is 20.6. The number of hydrogen-bond acceptors (Lipinski definition) is 1. The Morgan fingerprint density at radius 3 is 2.00 bits per heavy atom. The highest BCUT2D eigenvalue weighted by Gasteiger charge is 2.13. The van der Waals surface area contributed by atoms with Crippen molar-refractivity contribution >= 4 is 0 Å². The van der Waals surface area contributed by atoms with Gasteiger partial charge in [0.1, 0.15) is 5.82 Å². The molecule has 1 N–H and O–H groups in total. The van der Waals surface area contributed by atoms with E-state index in [2.05, 4.69) is 17.6 Å². The summed E-state index contributed by atoms with van der Waals surface area (Å²) in [6.07, 6.45) is 3.89. The Morgan fingerprint density at radius 2 is 1.35 bits per heavy atom. The standard InChI is InChI=1S/C17H15FN2/c18-16-10-8-15(9-11-16)17(14-6-2-1-3-7-14)19-20-12-4-5-13-20/h1-13,17,19H. The van der Waals surface area contributed by atoms with E-state index in [1.165, 1.54) is 12.1 Å². The van der Waals surface area contributed by atoms with Gasteiger partial charge in [0.2, 0.25) is 0 Å². The van der Waals surface area contributed by atoms with E-state index in [9.17, 15) is 4.39 Å². The van der Waals surface area contributed by atoms with E-state index in [1.54, 1.807) is 0 Å². The predicted molar refractivity (Wildman–Crippen MR) is 78.5 cm³/mol. The zero-order chi connectivity index (χ0) is 13.8. The van der Waals surface area contributed by atoms with Crippen LogP contribution in [0.1, 0.15) is 17.2 Å². The SMILES string of the molecule is Fc1ccc(C(Nn2cccc2)c2ccccc2)cc1. The van der Waals surface area contributed by atoms with Gasteiger partial charge in [-0.15, -0.1) is 0 Å². The smallest absolute Gasteiger partial charge is 0.123 e. The van der Waals surface area contributed by atoms with Crippen molar-refractivity contribution in [3.8, 4) is 0 Å². The van der Waals surface area contributed by atoms with Crippen LogP contribution in [0.15, 0.2) is 79.1 Å². The first-order chi connectivity index (χ1) is 9.83. The van der Waals surface area contributed by atoms with E-state index < -0.39 is 0 Å². The number of hydrogen-bond donors (Lipinski definition) is 1. The second-order valence-electron chi connectivity index (χ2n) is 4.61. The van der Waals surface area contributed by atoms with Crippen molar-refractivity contribution in [1.29, 1.82) is 0 Å². The van der Waals surface area contributed by atoms with Gasteiger partial charge in [-0.05, 0) is 35.4 Å². The maximum atomic E-state index is 13.1. The third kappa shape index (κ3) is 2.72. The Hall–Kier alpha value is -2.55. The van der Waals surface area contributed by atoms with Crippen molar-refractivity contribution in [2.75, 3.05) is 5.43 Å². The fourth-order valence-corrected chi connectivity index (χ4v) is 2.21. The van der Waals surface area contributed by atoms with E-state index in [4.69, 9.17) is 0 Å². The molecule has 0 amide bonds. The summed E-state index contributed by atoms with van der Waals surface area (Å²) >= 11 is 0. The quantitative estimate of drug-likeness (QED) is 0.756. The van der Waals surface area contributed by atoms with Crippen LogP contribution in [0.4, 0.5) is 4.39 Å². The molecule has 2 nitrogen and oxygen atoms in total. The summed E-state index contributed by atoms with van der Waals surface area (Å²) in [4.78, 5) is 0. The highest BCUT2D eigenvalue weighted by Crippen LogP contribution is 2.23. The van der Waals surface area contributed by atoms with Gasteiger partial charge >= 0.3 is 0 Å². The molecule has 3 aromatic rings. The van der Waals surface area contributed by atoms with Crippen LogP contribution in [0.3, 0.4) is 0 Å². The molecule has 1 unspecified atom stereocenters. The lowest BCUT2D eigenvalue weighted by Gasteiger charge is -2.21. The van der Waals surface area contributed by atoms with Crippen LogP contribution in [0.25, 0.3) is 0 Å². The first-order valence-corrected chi connectivity index (χ1v) is 6.53. The molecule has 0 fully saturated rings. The molecule has 3 heteroatoms. The van der Waals surface area contributed by atoms with Gasteiger partial charge in [0, 0.05) is 12.4 Å². The summed E-state index contributed by atoms with van der Waals surface area (Å²) in [5, 5.41) is 0. The first-order valence-electron chi connectivity index (χ1n) is 6.53. The molecule has 0 aliphatic heterocycles. The van der Waals surface area contributed by atoms with Gasteiger partial charge in [0.15, 0.2) is 0 Å². The third-order valence-corrected chi connectivity index (χ3v) is 3.22. The van der Waals surface area contributed by atoms with Gasteiger partial charge in [0.05, 0.1) is 6.04 Å².